The highest BCUT2D eigenvalue weighted by Gasteiger charge is 2.35. The maximum Gasteiger partial charge on any atom is 0.224 e. The summed E-state index contributed by atoms with van der Waals surface area (Å²) in [6.07, 6.45) is 3.35. The first-order valence-electron chi connectivity index (χ1n) is 13.8. The van der Waals surface area contributed by atoms with Crippen molar-refractivity contribution >= 4 is 23.4 Å². The summed E-state index contributed by atoms with van der Waals surface area (Å²) in [6.45, 7) is 3.70. The van der Waals surface area contributed by atoms with Gasteiger partial charge in [-0.3, -0.25) is 23.6 Å². The molecule has 0 aliphatic carbocycles. The van der Waals surface area contributed by atoms with Gasteiger partial charge in [-0.15, -0.1) is 0 Å². The van der Waals surface area contributed by atoms with E-state index in [0.29, 0.717) is 57.4 Å². The van der Waals surface area contributed by atoms with E-state index in [1.165, 1.54) is 0 Å². The van der Waals surface area contributed by atoms with Gasteiger partial charge < -0.3 is 20.5 Å². The number of aliphatic hydroxyl groups excluding tert-OH is 1. The summed E-state index contributed by atoms with van der Waals surface area (Å²) in [7, 11) is 0. The Labute approximate surface area is 225 Å². The molecular formula is C29H43FN2O6. The summed E-state index contributed by atoms with van der Waals surface area (Å²) in [5.41, 5.74) is 0.828. The number of carbonyl (C=O) groups is 4. The second kappa shape index (κ2) is 16.9. The van der Waals surface area contributed by atoms with Crippen LogP contribution in [0.25, 0.3) is 0 Å². The molecule has 0 spiro atoms. The predicted molar refractivity (Wildman–Crippen MR) is 142 cm³/mol. The Kier molecular flexibility index (Phi) is 14.0. The van der Waals surface area contributed by atoms with Gasteiger partial charge in [-0.2, -0.15) is 0 Å². The van der Waals surface area contributed by atoms with E-state index in [4.69, 9.17) is 4.74 Å². The van der Waals surface area contributed by atoms with Crippen LogP contribution in [0.4, 0.5) is 4.39 Å². The van der Waals surface area contributed by atoms with Gasteiger partial charge in [-0.25, -0.2) is 0 Å². The van der Waals surface area contributed by atoms with Crippen molar-refractivity contribution in [2.75, 3.05) is 26.4 Å². The zero-order valence-corrected chi connectivity index (χ0v) is 22.7. The Bertz CT molecular complexity index is 905. The lowest BCUT2D eigenvalue weighted by Crippen LogP contribution is -2.48. The van der Waals surface area contributed by atoms with Crippen LogP contribution in [0.5, 0.6) is 5.75 Å². The standard InChI is InChI=1S/C29H43FN2O6/c1-20(2)17-24-23(27(35)19-33)7-6-16-38-22-10-8-21(9-11-22)18-25(32-29(24)37)26(34)12-13-28(36)31-15-5-3-4-14-30/h8-11,20,23-25,33H,3-7,12-19H2,1-2H3,(H,31,36)(H,32,37). The number of unbranched alkanes of at least 4 members (excludes halogenated alkanes) is 2. The number of carbonyl (C=O) groups excluding carboxylic acids is 4. The Morgan fingerprint density at radius 3 is 2.50 bits per heavy atom. The molecule has 1 aromatic rings. The van der Waals surface area contributed by atoms with Gasteiger partial charge in [0.25, 0.3) is 0 Å². The van der Waals surface area contributed by atoms with E-state index in [1.807, 2.05) is 26.0 Å². The topological polar surface area (TPSA) is 122 Å². The summed E-state index contributed by atoms with van der Waals surface area (Å²) < 4.78 is 18.0. The molecule has 2 bridgehead atoms. The fourth-order valence-corrected chi connectivity index (χ4v) is 4.76. The van der Waals surface area contributed by atoms with Crippen LogP contribution in [-0.4, -0.2) is 61.0 Å². The molecule has 0 saturated carbocycles. The molecule has 3 rings (SSSR count). The molecule has 8 nitrogen and oxygen atoms in total. The average molecular weight is 535 g/mol. The van der Waals surface area contributed by atoms with Gasteiger partial charge in [-0.1, -0.05) is 26.0 Å². The van der Waals surface area contributed by atoms with Gasteiger partial charge in [0.2, 0.25) is 11.8 Å². The Morgan fingerprint density at radius 2 is 1.84 bits per heavy atom. The highest BCUT2D eigenvalue weighted by molar-refractivity contribution is 5.94. The van der Waals surface area contributed by atoms with Crippen molar-refractivity contribution < 1.29 is 33.4 Å². The third kappa shape index (κ3) is 10.9. The zero-order valence-electron chi connectivity index (χ0n) is 22.7. The predicted octanol–water partition coefficient (Wildman–Crippen LogP) is 3.33. The van der Waals surface area contributed by atoms with Gasteiger partial charge in [0.05, 0.1) is 19.3 Å². The van der Waals surface area contributed by atoms with E-state index in [0.717, 1.165) is 5.56 Å². The van der Waals surface area contributed by atoms with Crippen LogP contribution < -0.4 is 15.4 Å². The van der Waals surface area contributed by atoms with Crippen molar-refractivity contribution in [3.05, 3.63) is 29.8 Å². The molecule has 0 fully saturated rings. The lowest BCUT2D eigenvalue weighted by molar-refractivity contribution is -0.137. The molecule has 212 valence electrons. The molecule has 1 aromatic carbocycles. The SMILES string of the molecule is CC(C)CC1C(=O)NC(C(=O)CCC(=O)NCCCCCF)Cc2ccc(cc2)OCCCC1C(=O)CO. The Balaban J connectivity index is 2.20. The first-order valence-corrected chi connectivity index (χ1v) is 13.8. The zero-order chi connectivity index (χ0) is 27.9. The lowest BCUT2D eigenvalue weighted by Gasteiger charge is -2.29. The van der Waals surface area contributed by atoms with Crippen LogP contribution >= 0.6 is 0 Å². The van der Waals surface area contributed by atoms with Crippen molar-refractivity contribution in [1.29, 1.82) is 0 Å². The molecule has 9 heteroatoms. The third-order valence-corrected chi connectivity index (χ3v) is 6.84. The van der Waals surface area contributed by atoms with E-state index in [2.05, 4.69) is 10.6 Å². The highest BCUT2D eigenvalue weighted by atomic mass is 19.1. The monoisotopic (exact) mass is 534 g/mol. The number of ether oxygens (including phenoxy) is 1. The number of aliphatic hydroxyl groups is 1. The van der Waals surface area contributed by atoms with Crippen molar-refractivity contribution in [2.45, 2.75) is 77.7 Å². The summed E-state index contributed by atoms with van der Waals surface area (Å²) in [6, 6.07) is 6.44. The molecule has 2 aliphatic heterocycles. The molecule has 38 heavy (non-hydrogen) atoms. The van der Waals surface area contributed by atoms with E-state index in [1.54, 1.807) is 12.1 Å². The maximum absolute atomic E-state index is 13.6. The number of amides is 2. The number of hydrogen-bond donors (Lipinski definition) is 3. The molecule has 2 aliphatic rings. The Hall–Kier alpha value is -2.81. The summed E-state index contributed by atoms with van der Waals surface area (Å²) in [4.78, 5) is 51.7. The van der Waals surface area contributed by atoms with Gasteiger partial charge in [0.15, 0.2) is 11.6 Å². The average Bonchev–Trinajstić information content (AvgIpc) is 2.90. The minimum Gasteiger partial charge on any atom is -0.494 e. The van der Waals surface area contributed by atoms with Crippen LogP contribution in [0.2, 0.25) is 0 Å². The molecular weight excluding hydrogens is 491 g/mol. The minimum atomic E-state index is -0.867. The normalized spacial score (nSPS) is 20.3. The van der Waals surface area contributed by atoms with Gasteiger partial charge >= 0.3 is 0 Å². The number of nitrogens with one attached hydrogen (secondary N) is 2. The van der Waals surface area contributed by atoms with E-state index in [9.17, 15) is 28.7 Å². The maximum atomic E-state index is 13.6. The number of Topliss-reactive ketones (excluding diaryl/α,β-unsaturated/α-hetero) is 2. The number of benzene rings is 1. The van der Waals surface area contributed by atoms with Crippen molar-refractivity contribution in [1.82, 2.24) is 10.6 Å². The second-order valence-electron chi connectivity index (χ2n) is 10.4. The third-order valence-electron chi connectivity index (χ3n) is 6.84. The number of alkyl halides is 1. The van der Waals surface area contributed by atoms with E-state index >= 15 is 0 Å². The van der Waals surface area contributed by atoms with E-state index < -0.39 is 36.2 Å². The van der Waals surface area contributed by atoms with E-state index in [-0.39, 0.29) is 43.5 Å². The Morgan fingerprint density at radius 1 is 1.11 bits per heavy atom. The lowest BCUT2D eigenvalue weighted by atomic mass is 9.79. The summed E-state index contributed by atoms with van der Waals surface area (Å²) in [5.74, 6) is -1.92. The van der Waals surface area contributed by atoms with Gasteiger partial charge in [-0.05, 0) is 68.6 Å². The highest BCUT2D eigenvalue weighted by Crippen LogP contribution is 2.27. The quantitative estimate of drug-likeness (QED) is 0.334. The van der Waals surface area contributed by atoms with Crippen molar-refractivity contribution in [2.24, 2.45) is 17.8 Å². The van der Waals surface area contributed by atoms with Crippen LogP contribution in [0, 0.1) is 17.8 Å². The number of halogens is 1. The fourth-order valence-electron chi connectivity index (χ4n) is 4.76. The first-order chi connectivity index (χ1) is 18.2. The molecule has 3 N–H and O–H groups in total. The molecule has 0 saturated heterocycles. The summed E-state index contributed by atoms with van der Waals surface area (Å²) >= 11 is 0. The fraction of sp³-hybridized carbons (Fsp3) is 0.655. The molecule has 2 heterocycles. The number of hydrogen-bond acceptors (Lipinski definition) is 6. The number of rotatable bonds is 13. The molecule has 3 atom stereocenters. The van der Waals surface area contributed by atoms with Crippen LogP contribution in [0.3, 0.4) is 0 Å². The van der Waals surface area contributed by atoms with Crippen LogP contribution in [0.15, 0.2) is 24.3 Å². The minimum absolute atomic E-state index is 0.0118. The molecule has 3 unspecified atom stereocenters. The second-order valence-corrected chi connectivity index (χ2v) is 10.4. The first kappa shape index (κ1) is 31.4. The van der Waals surface area contributed by atoms with Crippen molar-refractivity contribution in [3.8, 4) is 5.75 Å². The number of fused-ring (bicyclic) bond motifs is 11. The molecule has 2 amide bonds. The summed E-state index contributed by atoms with van der Waals surface area (Å²) in [5, 5.41) is 15.2. The number of ketones is 2. The molecule has 0 aromatic heterocycles. The van der Waals surface area contributed by atoms with Gasteiger partial charge in [0, 0.05) is 31.2 Å². The smallest absolute Gasteiger partial charge is 0.224 e. The largest absolute Gasteiger partial charge is 0.494 e. The molecule has 0 radical (unpaired) electrons. The van der Waals surface area contributed by atoms with Crippen molar-refractivity contribution in [3.63, 3.8) is 0 Å². The van der Waals surface area contributed by atoms with Crippen LogP contribution in [0.1, 0.15) is 70.8 Å². The van der Waals surface area contributed by atoms with Crippen LogP contribution in [-0.2, 0) is 25.6 Å². The van der Waals surface area contributed by atoms with Gasteiger partial charge in [0.1, 0.15) is 12.4 Å².